The van der Waals surface area contributed by atoms with E-state index in [1.165, 1.54) is 24.1 Å². The van der Waals surface area contributed by atoms with Crippen LogP contribution in [0.4, 0.5) is 11.4 Å². The van der Waals surface area contributed by atoms with E-state index in [4.69, 9.17) is 11.1 Å². The molecule has 0 aromatic heterocycles. The van der Waals surface area contributed by atoms with Gasteiger partial charge in [-0.05, 0) is 12.1 Å². The van der Waals surface area contributed by atoms with E-state index < -0.39 is 4.92 Å². The van der Waals surface area contributed by atoms with Crippen molar-refractivity contribution in [2.24, 2.45) is 5.73 Å². The normalized spacial score (nSPS) is 9.73. The Morgan fingerprint density at radius 2 is 2.27 bits per heavy atom. The molecule has 15 heavy (non-hydrogen) atoms. The van der Waals surface area contributed by atoms with Crippen molar-refractivity contribution in [2.45, 2.75) is 0 Å². The standard InChI is InChI=1S/C8H9BrN4O2/c1-12(8(10)11)6-3-2-5(9)4-7(6)13(14)15/h2-4H,1H3,(H3,10,11). The fourth-order valence-electron chi connectivity index (χ4n) is 1.06. The summed E-state index contributed by atoms with van der Waals surface area (Å²) in [5, 5.41) is 17.9. The number of rotatable bonds is 2. The van der Waals surface area contributed by atoms with E-state index in [2.05, 4.69) is 15.9 Å². The maximum atomic E-state index is 10.7. The van der Waals surface area contributed by atoms with Gasteiger partial charge in [0.25, 0.3) is 5.69 Å². The topological polar surface area (TPSA) is 96.2 Å². The number of nitro groups is 1. The SMILES string of the molecule is CN(C(=N)N)c1ccc(Br)cc1[N+](=O)[O-]. The molecule has 0 heterocycles. The van der Waals surface area contributed by atoms with Crippen LogP contribution in [-0.4, -0.2) is 17.9 Å². The lowest BCUT2D eigenvalue weighted by Gasteiger charge is -2.16. The predicted molar refractivity (Wildman–Crippen MR) is 61.1 cm³/mol. The lowest BCUT2D eigenvalue weighted by molar-refractivity contribution is -0.384. The lowest BCUT2D eigenvalue weighted by atomic mass is 10.2. The largest absolute Gasteiger partial charge is 0.370 e. The van der Waals surface area contributed by atoms with Gasteiger partial charge in [-0.1, -0.05) is 15.9 Å². The second-order valence-electron chi connectivity index (χ2n) is 2.83. The summed E-state index contributed by atoms with van der Waals surface area (Å²) in [6, 6.07) is 4.56. The lowest BCUT2D eigenvalue weighted by Crippen LogP contribution is -2.33. The first kappa shape index (κ1) is 11.4. The zero-order valence-corrected chi connectivity index (χ0v) is 9.48. The number of halogens is 1. The summed E-state index contributed by atoms with van der Waals surface area (Å²) >= 11 is 3.14. The van der Waals surface area contributed by atoms with Crippen LogP contribution in [0.25, 0.3) is 0 Å². The zero-order valence-electron chi connectivity index (χ0n) is 7.90. The highest BCUT2D eigenvalue weighted by Crippen LogP contribution is 2.30. The molecule has 0 aliphatic rings. The molecule has 1 aromatic rings. The monoisotopic (exact) mass is 272 g/mol. The van der Waals surface area contributed by atoms with Crippen LogP contribution in [0.2, 0.25) is 0 Å². The molecule has 0 aliphatic carbocycles. The maximum absolute atomic E-state index is 10.7. The van der Waals surface area contributed by atoms with Crippen molar-refractivity contribution in [3.63, 3.8) is 0 Å². The molecule has 0 radical (unpaired) electrons. The molecule has 0 atom stereocenters. The van der Waals surface area contributed by atoms with E-state index in [0.717, 1.165) is 0 Å². The summed E-state index contributed by atoms with van der Waals surface area (Å²) in [5.74, 6) is -0.250. The third-order valence-corrected chi connectivity index (χ3v) is 2.35. The molecule has 7 heteroatoms. The average Bonchev–Trinajstić information content (AvgIpc) is 2.16. The number of nitrogens with two attached hydrogens (primary N) is 1. The number of guanidine groups is 1. The second kappa shape index (κ2) is 4.26. The Bertz CT molecular complexity index is 421. The van der Waals surface area contributed by atoms with Crippen molar-refractivity contribution in [1.82, 2.24) is 0 Å². The Balaban J connectivity index is 3.28. The zero-order chi connectivity index (χ0) is 11.6. The van der Waals surface area contributed by atoms with Crippen LogP contribution in [0.3, 0.4) is 0 Å². The van der Waals surface area contributed by atoms with E-state index in [0.29, 0.717) is 4.47 Å². The van der Waals surface area contributed by atoms with Crippen LogP contribution >= 0.6 is 15.9 Å². The van der Waals surface area contributed by atoms with E-state index >= 15 is 0 Å². The molecule has 0 spiro atoms. The first-order valence-electron chi connectivity index (χ1n) is 3.95. The molecule has 0 fully saturated rings. The van der Waals surface area contributed by atoms with Gasteiger partial charge in [-0.25, -0.2) is 0 Å². The summed E-state index contributed by atoms with van der Waals surface area (Å²) in [5.41, 5.74) is 5.44. The van der Waals surface area contributed by atoms with E-state index in [9.17, 15) is 10.1 Å². The van der Waals surface area contributed by atoms with E-state index in [1.807, 2.05) is 0 Å². The molecule has 0 saturated heterocycles. The second-order valence-corrected chi connectivity index (χ2v) is 3.75. The summed E-state index contributed by atoms with van der Waals surface area (Å²) in [7, 11) is 1.50. The van der Waals surface area contributed by atoms with Crippen molar-refractivity contribution in [3.8, 4) is 0 Å². The number of nitrogens with zero attached hydrogens (tertiary/aromatic N) is 2. The Morgan fingerprint density at radius 1 is 1.67 bits per heavy atom. The van der Waals surface area contributed by atoms with Gasteiger partial charge in [0.15, 0.2) is 5.96 Å². The molecule has 0 saturated carbocycles. The Morgan fingerprint density at radius 3 is 2.73 bits per heavy atom. The molecule has 80 valence electrons. The quantitative estimate of drug-likeness (QED) is 0.371. The van der Waals surface area contributed by atoms with Gasteiger partial charge >= 0.3 is 0 Å². The first-order valence-corrected chi connectivity index (χ1v) is 4.74. The number of hydrogen-bond donors (Lipinski definition) is 2. The van der Waals surface area contributed by atoms with Gasteiger partial charge in [-0.3, -0.25) is 15.5 Å². The van der Waals surface area contributed by atoms with Gasteiger partial charge in [0.05, 0.1) is 4.92 Å². The van der Waals surface area contributed by atoms with Crippen molar-refractivity contribution in [2.75, 3.05) is 11.9 Å². The minimum atomic E-state index is -0.514. The highest BCUT2D eigenvalue weighted by Gasteiger charge is 2.18. The maximum Gasteiger partial charge on any atom is 0.294 e. The third kappa shape index (κ3) is 2.44. The predicted octanol–water partition coefficient (Wildman–Crippen LogP) is 1.69. The molecule has 0 bridgehead atoms. The Hall–Kier alpha value is -1.63. The van der Waals surface area contributed by atoms with Gasteiger partial charge in [0, 0.05) is 17.6 Å². The highest BCUT2D eigenvalue weighted by molar-refractivity contribution is 9.10. The summed E-state index contributed by atoms with van der Waals surface area (Å²) < 4.78 is 0.606. The van der Waals surface area contributed by atoms with Crippen molar-refractivity contribution in [1.29, 1.82) is 5.41 Å². The fraction of sp³-hybridized carbons (Fsp3) is 0.125. The fourth-order valence-corrected chi connectivity index (χ4v) is 1.41. The van der Waals surface area contributed by atoms with Crippen LogP contribution in [0.1, 0.15) is 0 Å². The van der Waals surface area contributed by atoms with Gasteiger partial charge in [0.1, 0.15) is 5.69 Å². The van der Waals surface area contributed by atoms with E-state index in [-0.39, 0.29) is 17.3 Å². The van der Waals surface area contributed by atoms with Gasteiger partial charge < -0.3 is 10.6 Å². The average molecular weight is 273 g/mol. The van der Waals surface area contributed by atoms with Crippen LogP contribution in [0.15, 0.2) is 22.7 Å². The van der Waals surface area contributed by atoms with Crippen LogP contribution < -0.4 is 10.6 Å². The molecular weight excluding hydrogens is 264 g/mol. The van der Waals surface area contributed by atoms with E-state index in [1.54, 1.807) is 6.07 Å². The number of nitrogens with one attached hydrogen (secondary N) is 1. The molecule has 0 aliphatic heterocycles. The molecule has 0 unspecified atom stereocenters. The van der Waals surface area contributed by atoms with Crippen molar-refractivity contribution < 1.29 is 4.92 Å². The van der Waals surface area contributed by atoms with Crippen LogP contribution in [0.5, 0.6) is 0 Å². The Kier molecular flexibility index (Phi) is 3.25. The van der Waals surface area contributed by atoms with Crippen LogP contribution in [-0.2, 0) is 0 Å². The smallest absolute Gasteiger partial charge is 0.294 e. The van der Waals surface area contributed by atoms with Crippen molar-refractivity contribution >= 4 is 33.3 Å². The number of benzene rings is 1. The number of anilines is 1. The van der Waals surface area contributed by atoms with Gasteiger partial charge in [-0.15, -0.1) is 0 Å². The highest BCUT2D eigenvalue weighted by atomic mass is 79.9. The molecule has 6 nitrogen and oxygen atoms in total. The molecule has 3 N–H and O–H groups in total. The minimum Gasteiger partial charge on any atom is -0.370 e. The number of hydrogen-bond acceptors (Lipinski definition) is 3. The number of nitro benzene ring substituents is 1. The third-order valence-electron chi connectivity index (χ3n) is 1.86. The molecular formula is C8H9BrN4O2. The molecule has 1 rings (SSSR count). The minimum absolute atomic E-state index is 0.0953. The van der Waals surface area contributed by atoms with Gasteiger partial charge in [-0.2, -0.15) is 0 Å². The van der Waals surface area contributed by atoms with Gasteiger partial charge in [0.2, 0.25) is 0 Å². The first-order chi connectivity index (χ1) is 6.93. The summed E-state index contributed by atoms with van der Waals surface area (Å²) in [4.78, 5) is 11.5. The van der Waals surface area contributed by atoms with Crippen molar-refractivity contribution in [3.05, 3.63) is 32.8 Å². The summed E-state index contributed by atoms with van der Waals surface area (Å²) in [6.07, 6.45) is 0. The molecule has 1 aromatic carbocycles. The Labute approximate surface area is 94.5 Å². The summed E-state index contributed by atoms with van der Waals surface area (Å²) in [6.45, 7) is 0. The molecule has 0 amide bonds. The van der Waals surface area contributed by atoms with Crippen LogP contribution in [0, 0.1) is 15.5 Å².